The van der Waals surface area contributed by atoms with Crippen LogP contribution in [0.1, 0.15) is 10.4 Å². The molecule has 0 spiro atoms. The van der Waals surface area contributed by atoms with Crippen molar-refractivity contribution in [1.29, 1.82) is 0 Å². The molecule has 2 aromatic carbocycles. The molecule has 23 heavy (non-hydrogen) atoms. The van der Waals surface area contributed by atoms with Crippen LogP contribution in [-0.2, 0) is 0 Å². The van der Waals surface area contributed by atoms with Crippen LogP contribution >= 0.6 is 46.1 Å². The molecule has 0 bridgehead atoms. The zero-order chi connectivity index (χ0) is 16.6. The van der Waals surface area contributed by atoms with E-state index in [4.69, 9.17) is 39.5 Å². The van der Waals surface area contributed by atoms with Crippen LogP contribution in [0.15, 0.2) is 30.3 Å². The third kappa shape index (κ3) is 3.23. The summed E-state index contributed by atoms with van der Waals surface area (Å²) in [6, 6.07) is 8.16. The molecule has 0 atom stereocenters. The zero-order valence-corrected chi connectivity index (χ0v) is 14.8. The molecule has 3 aromatic rings. The lowest BCUT2D eigenvalue weighted by atomic mass is 10.2. The van der Waals surface area contributed by atoms with E-state index >= 15 is 0 Å². The van der Waals surface area contributed by atoms with E-state index in [0.717, 1.165) is 0 Å². The SMILES string of the molecule is COc1ccc(Cl)cc1C(=O)Nc1nc2c(Cl)ccc(Cl)c2s1. The quantitative estimate of drug-likeness (QED) is 0.644. The maximum absolute atomic E-state index is 12.4. The first-order chi connectivity index (χ1) is 11.0. The number of carbonyl (C=O) groups excluding carboxylic acids is 1. The molecule has 1 aromatic heterocycles. The van der Waals surface area contributed by atoms with Crippen molar-refractivity contribution >= 4 is 67.4 Å². The van der Waals surface area contributed by atoms with Gasteiger partial charge in [0.05, 0.1) is 27.4 Å². The minimum atomic E-state index is -0.379. The van der Waals surface area contributed by atoms with Crippen molar-refractivity contribution in [3.63, 3.8) is 0 Å². The van der Waals surface area contributed by atoms with Crippen LogP contribution in [0.5, 0.6) is 5.75 Å². The topological polar surface area (TPSA) is 51.2 Å². The molecule has 0 saturated heterocycles. The Balaban J connectivity index is 1.96. The number of nitrogens with one attached hydrogen (secondary N) is 1. The van der Waals surface area contributed by atoms with Gasteiger partial charge in [0.25, 0.3) is 5.91 Å². The number of thiazole rings is 1. The molecule has 1 heterocycles. The summed E-state index contributed by atoms with van der Waals surface area (Å²) < 4.78 is 5.89. The molecule has 8 heteroatoms. The van der Waals surface area contributed by atoms with E-state index in [1.54, 1.807) is 24.3 Å². The van der Waals surface area contributed by atoms with Crippen molar-refractivity contribution < 1.29 is 9.53 Å². The molecule has 3 rings (SSSR count). The average Bonchev–Trinajstić information content (AvgIpc) is 2.96. The van der Waals surface area contributed by atoms with Gasteiger partial charge in [0.2, 0.25) is 0 Å². The second kappa shape index (κ2) is 6.53. The predicted molar refractivity (Wildman–Crippen MR) is 95.6 cm³/mol. The molecule has 0 saturated carbocycles. The summed E-state index contributed by atoms with van der Waals surface area (Å²) in [6.07, 6.45) is 0. The van der Waals surface area contributed by atoms with E-state index < -0.39 is 0 Å². The highest BCUT2D eigenvalue weighted by molar-refractivity contribution is 7.23. The molecule has 0 aliphatic heterocycles. The van der Waals surface area contributed by atoms with Crippen molar-refractivity contribution in [3.05, 3.63) is 51.0 Å². The van der Waals surface area contributed by atoms with Gasteiger partial charge in [-0.3, -0.25) is 10.1 Å². The van der Waals surface area contributed by atoms with Gasteiger partial charge >= 0.3 is 0 Å². The van der Waals surface area contributed by atoms with E-state index in [1.807, 2.05) is 0 Å². The number of amides is 1. The summed E-state index contributed by atoms with van der Waals surface area (Å²) in [4.78, 5) is 16.8. The highest BCUT2D eigenvalue weighted by atomic mass is 35.5. The van der Waals surface area contributed by atoms with Crippen molar-refractivity contribution in [3.8, 4) is 5.75 Å². The monoisotopic (exact) mass is 386 g/mol. The van der Waals surface area contributed by atoms with Crippen LogP contribution in [0.3, 0.4) is 0 Å². The second-order valence-corrected chi connectivity index (χ2v) is 6.77. The molecule has 4 nitrogen and oxygen atoms in total. The average molecular weight is 388 g/mol. The first kappa shape index (κ1) is 16.3. The summed E-state index contributed by atoms with van der Waals surface area (Å²) in [6.45, 7) is 0. The van der Waals surface area contributed by atoms with E-state index in [9.17, 15) is 4.79 Å². The molecule has 118 valence electrons. The molecular formula is C15H9Cl3N2O2S. The van der Waals surface area contributed by atoms with Crippen LogP contribution < -0.4 is 10.1 Å². The summed E-state index contributed by atoms with van der Waals surface area (Å²) in [5.41, 5.74) is 0.869. The van der Waals surface area contributed by atoms with Gasteiger partial charge in [-0.25, -0.2) is 4.98 Å². The zero-order valence-electron chi connectivity index (χ0n) is 11.7. The Morgan fingerprint density at radius 2 is 1.91 bits per heavy atom. The molecule has 0 aliphatic carbocycles. The van der Waals surface area contributed by atoms with E-state index in [1.165, 1.54) is 24.5 Å². The smallest absolute Gasteiger partial charge is 0.261 e. The number of hydrogen-bond acceptors (Lipinski definition) is 4. The van der Waals surface area contributed by atoms with Crippen molar-refractivity contribution in [2.45, 2.75) is 0 Å². The number of benzene rings is 2. The number of methoxy groups -OCH3 is 1. The Morgan fingerprint density at radius 3 is 2.61 bits per heavy atom. The van der Waals surface area contributed by atoms with Gasteiger partial charge in [-0.2, -0.15) is 0 Å². The van der Waals surface area contributed by atoms with Gasteiger partial charge in [-0.1, -0.05) is 46.1 Å². The summed E-state index contributed by atoms with van der Waals surface area (Å²) in [7, 11) is 1.48. The second-order valence-electron chi connectivity index (χ2n) is 4.52. The van der Waals surface area contributed by atoms with Crippen LogP contribution in [-0.4, -0.2) is 18.0 Å². The molecule has 0 radical (unpaired) electrons. The number of halogens is 3. The fourth-order valence-electron chi connectivity index (χ4n) is 2.02. The van der Waals surface area contributed by atoms with Gasteiger partial charge < -0.3 is 4.74 Å². The number of fused-ring (bicyclic) bond motifs is 1. The van der Waals surface area contributed by atoms with Crippen LogP contribution in [0.25, 0.3) is 10.2 Å². The summed E-state index contributed by atoms with van der Waals surface area (Å²) in [5, 5.41) is 4.55. The Morgan fingerprint density at radius 1 is 1.17 bits per heavy atom. The van der Waals surface area contributed by atoms with Crippen LogP contribution in [0.2, 0.25) is 15.1 Å². The van der Waals surface area contributed by atoms with Gasteiger partial charge in [0.15, 0.2) is 5.13 Å². The first-order valence-electron chi connectivity index (χ1n) is 6.39. The Labute approximate surface area is 150 Å². The number of aromatic nitrogens is 1. The fourth-order valence-corrected chi connectivity index (χ4v) is 3.61. The number of carbonyl (C=O) groups is 1. The third-order valence-corrected chi connectivity index (χ3v) is 5.04. The standard InChI is InChI=1S/C15H9Cl3N2O2S/c1-22-11-5-2-7(16)6-8(11)14(21)20-15-19-12-9(17)3-4-10(18)13(12)23-15/h2-6H,1H3,(H,19,20,21). The van der Waals surface area contributed by atoms with Crippen molar-refractivity contribution in [2.75, 3.05) is 12.4 Å². The predicted octanol–water partition coefficient (Wildman–Crippen LogP) is 5.52. The molecule has 0 unspecified atom stereocenters. The Bertz CT molecular complexity index is 872. The maximum atomic E-state index is 12.4. The minimum absolute atomic E-state index is 0.316. The van der Waals surface area contributed by atoms with Gasteiger partial charge in [0, 0.05) is 5.02 Å². The number of rotatable bonds is 3. The molecule has 1 N–H and O–H groups in total. The lowest BCUT2D eigenvalue weighted by molar-refractivity contribution is 0.102. The maximum Gasteiger partial charge on any atom is 0.261 e. The first-order valence-corrected chi connectivity index (χ1v) is 8.34. The molecule has 0 aliphatic rings. The van der Waals surface area contributed by atoms with Crippen molar-refractivity contribution in [2.24, 2.45) is 0 Å². The van der Waals surface area contributed by atoms with E-state index in [0.29, 0.717) is 41.7 Å². The number of anilines is 1. The molecule has 0 fully saturated rings. The lowest BCUT2D eigenvalue weighted by Gasteiger charge is -2.08. The number of hydrogen-bond donors (Lipinski definition) is 1. The lowest BCUT2D eigenvalue weighted by Crippen LogP contribution is -2.13. The van der Waals surface area contributed by atoms with Crippen molar-refractivity contribution in [1.82, 2.24) is 4.98 Å². The normalized spacial score (nSPS) is 10.8. The molecular weight excluding hydrogens is 379 g/mol. The molecule has 1 amide bonds. The van der Waals surface area contributed by atoms with Gasteiger partial charge in [-0.05, 0) is 30.3 Å². The highest BCUT2D eigenvalue weighted by Crippen LogP contribution is 2.36. The Hall–Kier alpha value is -1.53. The van der Waals surface area contributed by atoms with E-state index in [2.05, 4.69) is 10.3 Å². The largest absolute Gasteiger partial charge is 0.496 e. The van der Waals surface area contributed by atoms with Crippen LogP contribution in [0, 0.1) is 0 Å². The Kier molecular flexibility index (Phi) is 4.64. The number of nitrogens with zero attached hydrogens (tertiary/aromatic N) is 1. The number of ether oxygens (including phenoxy) is 1. The van der Waals surface area contributed by atoms with Gasteiger partial charge in [0.1, 0.15) is 11.3 Å². The fraction of sp³-hybridized carbons (Fsp3) is 0.0667. The van der Waals surface area contributed by atoms with Crippen LogP contribution in [0.4, 0.5) is 5.13 Å². The third-order valence-electron chi connectivity index (χ3n) is 3.07. The minimum Gasteiger partial charge on any atom is -0.496 e. The van der Waals surface area contributed by atoms with E-state index in [-0.39, 0.29) is 5.91 Å². The highest BCUT2D eigenvalue weighted by Gasteiger charge is 2.16. The summed E-state index contributed by atoms with van der Waals surface area (Å²) >= 11 is 19.4. The summed E-state index contributed by atoms with van der Waals surface area (Å²) in [5.74, 6) is 0.0414. The van der Waals surface area contributed by atoms with Gasteiger partial charge in [-0.15, -0.1) is 0 Å².